The van der Waals surface area contributed by atoms with Crippen LogP contribution < -0.4 is 5.73 Å². The molecule has 102 valence electrons. The van der Waals surface area contributed by atoms with Gasteiger partial charge in [-0.05, 0) is 20.8 Å². The second kappa shape index (κ2) is 4.92. The zero-order chi connectivity index (χ0) is 14.0. The summed E-state index contributed by atoms with van der Waals surface area (Å²) in [5.41, 5.74) is 5.30. The van der Waals surface area contributed by atoms with Gasteiger partial charge in [0.1, 0.15) is 6.33 Å². The zero-order valence-corrected chi connectivity index (χ0v) is 11.3. The van der Waals surface area contributed by atoms with Gasteiger partial charge >= 0.3 is 0 Å². The molecule has 0 saturated heterocycles. The number of aromatic nitrogens is 3. The Kier molecular flexibility index (Phi) is 3.95. The van der Waals surface area contributed by atoms with E-state index in [1.165, 1.54) is 11.0 Å². The van der Waals surface area contributed by atoms with Crippen molar-refractivity contribution in [1.82, 2.24) is 14.8 Å². The number of oxime groups is 1. The Morgan fingerprint density at radius 1 is 1.56 bits per heavy atom. The highest BCUT2D eigenvalue weighted by Crippen LogP contribution is 2.15. The fraction of sp³-hybridized carbons (Fsp3) is 0.667. The molecule has 0 amide bonds. The van der Waals surface area contributed by atoms with Crippen molar-refractivity contribution in [2.75, 3.05) is 5.75 Å². The second-order valence-corrected chi connectivity index (χ2v) is 7.61. The number of hydrogen-bond acceptors (Lipinski definition) is 6. The van der Waals surface area contributed by atoms with E-state index in [1.54, 1.807) is 20.8 Å². The third-order valence-electron chi connectivity index (χ3n) is 2.40. The normalized spacial score (nSPS) is 13.8. The van der Waals surface area contributed by atoms with Gasteiger partial charge in [-0.25, -0.2) is 13.4 Å². The summed E-state index contributed by atoms with van der Waals surface area (Å²) in [7, 11) is -3.21. The van der Waals surface area contributed by atoms with E-state index in [2.05, 4.69) is 15.2 Å². The molecular formula is C9H17N5O3S. The summed E-state index contributed by atoms with van der Waals surface area (Å²) in [6.45, 7) is 5.10. The van der Waals surface area contributed by atoms with Crippen molar-refractivity contribution in [3.8, 4) is 0 Å². The van der Waals surface area contributed by atoms with Crippen molar-refractivity contribution in [2.24, 2.45) is 10.9 Å². The standard InChI is InChI=1S/C9H17N5O3S/c1-9(2,3)18(16,17)5-4-14-6-11-8(12-14)7(10)13-15/h6,15H,4-5H2,1-3H3,(H2,10,13). The summed E-state index contributed by atoms with van der Waals surface area (Å²) in [4.78, 5) is 3.79. The first-order chi connectivity index (χ1) is 8.17. The monoisotopic (exact) mass is 275 g/mol. The molecule has 0 aliphatic heterocycles. The molecule has 1 aromatic rings. The van der Waals surface area contributed by atoms with Crippen LogP contribution >= 0.6 is 0 Å². The van der Waals surface area contributed by atoms with Crippen LogP contribution in [-0.2, 0) is 16.4 Å². The summed E-state index contributed by atoms with van der Waals surface area (Å²) >= 11 is 0. The Morgan fingerprint density at radius 2 is 2.17 bits per heavy atom. The number of sulfone groups is 1. The lowest BCUT2D eigenvalue weighted by Crippen LogP contribution is -2.32. The molecule has 3 N–H and O–H groups in total. The Bertz CT molecular complexity index is 541. The molecule has 0 atom stereocenters. The largest absolute Gasteiger partial charge is 0.409 e. The lowest BCUT2D eigenvalue weighted by molar-refractivity contribution is 0.318. The van der Waals surface area contributed by atoms with Gasteiger partial charge in [-0.15, -0.1) is 5.10 Å². The highest BCUT2D eigenvalue weighted by molar-refractivity contribution is 7.92. The average Bonchev–Trinajstić information content (AvgIpc) is 2.72. The quantitative estimate of drug-likeness (QED) is 0.333. The number of rotatable bonds is 4. The summed E-state index contributed by atoms with van der Waals surface area (Å²) in [6, 6.07) is 0. The van der Waals surface area contributed by atoms with Gasteiger partial charge in [-0.2, -0.15) is 0 Å². The molecule has 0 aliphatic rings. The smallest absolute Gasteiger partial charge is 0.219 e. The molecule has 0 aromatic carbocycles. The SMILES string of the molecule is CC(C)(C)S(=O)(=O)CCn1cnc(C(N)=NO)n1. The Balaban J connectivity index is 2.74. The van der Waals surface area contributed by atoms with Crippen molar-refractivity contribution >= 4 is 15.7 Å². The number of amidine groups is 1. The first-order valence-corrected chi connectivity index (χ1v) is 6.92. The van der Waals surface area contributed by atoms with Crippen LogP contribution in [0.2, 0.25) is 0 Å². The zero-order valence-electron chi connectivity index (χ0n) is 10.5. The molecule has 0 bridgehead atoms. The van der Waals surface area contributed by atoms with E-state index in [0.29, 0.717) is 0 Å². The minimum atomic E-state index is -3.21. The van der Waals surface area contributed by atoms with Crippen LogP contribution in [0.3, 0.4) is 0 Å². The van der Waals surface area contributed by atoms with Crippen molar-refractivity contribution in [2.45, 2.75) is 32.1 Å². The summed E-state index contributed by atoms with van der Waals surface area (Å²) < 4.78 is 24.3. The van der Waals surface area contributed by atoms with Crippen LogP contribution in [-0.4, -0.2) is 44.7 Å². The lowest BCUT2D eigenvalue weighted by Gasteiger charge is -2.18. The predicted octanol–water partition coefficient (Wildman–Crippen LogP) is -0.414. The maximum absolute atomic E-state index is 11.9. The third kappa shape index (κ3) is 3.19. The van der Waals surface area contributed by atoms with Crippen LogP contribution in [0.15, 0.2) is 11.5 Å². The van der Waals surface area contributed by atoms with Gasteiger partial charge in [-0.1, -0.05) is 5.16 Å². The minimum Gasteiger partial charge on any atom is -0.409 e. The minimum absolute atomic E-state index is 0.0462. The molecule has 0 radical (unpaired) electrons. The molecular weight excluding hydrogens is 258 g/mol. The van der Waals surface area contributed by atoms with Gasteiger partial charge < -0.3 is 10.9 Å². The van der Waals surface area contributed by atoms with Crippen molar-refractivity contribution in [3.05, 3.63) is 12.2 Å². The molecule has 0 unspecified atom stereocenters. The topological polar surface area (TPSA) is 123 Å². The maximum Gasteiger partial charge on any atom is 0.219 e. The number of hydrogen-bond donors (Lipinski definition) is 2. The average molecular weight is 275 g/mol. The Labute approximate surface area is 105 Å². The van der Waals surface area contributed by atoms with Crippen LogP contribution in [0, 0.1) is 0 Å². The van der Waals surface area contributed by atoms with Crippen LogP contribution in [0.5, 0.6) is 0 Å². The number of aryl methyl sites for hydroxylation is 1. The van der Waals surface area contributed by atoms with E-state index in [4.69, 9.17) is 10.9 Å². The van der Waals surface area contributed by atoms with Crippen LogP contribution in [0.25, 0.3) is 0 Å². The fourth-order valence-electron chi connectivity index (χ4n) is 1.08. The lowest BCUT2D eigenvalue weighted by atomic mass is 10.3. The molecule has 0 fully saturated rings. The maximum atomic E-state index is 11.9. The highest BCUT2D eigenvalue weighted by Gasteiger charge is 2.28. The third-order valence-corrected chi connectivity index (χ3v) is 4.98. The molecule has 0 saturated carbocycles. The summed E-state index contributed by atoms with van der Waals surface area (Å²) in [5.74, 6) is -0.201. The molecule has 1 rings (SSSR count). The molecule has 8 nitrogen and oxygen atoms in total. The molecule has 18 heavy (non-hydrogen) atoms. The van der Waals surface area contributed by atoms with Crippen LogP contribution in [0.4, 0.5) is 0 Å². The van der Waals surface area contributed by atoms with Gasteiger partial charge in [0.15, 0.2) is 9.84 Å². The van der Waals surface area contributed by atoms with E-state index in [-0.39, 0.29) is 24.0 Å². The highest BCUT2D eigenvalue weighted by atomic mass is 32.2. The predicted molar refractivity (Wildman–Crippen MR) is 66.1 cm³/mol. The first kappa shape index (κ1) is 14.4. The second-order valence-electron chi connectivity index (χ2n) is 4.75. The Morgan fingerprint density at radius 3 is 2.67 bits per heavy atom. The van der Waals surface area contributed by atoms with E-state index >= 15 is 0 Å². The molecule has 1 aromatic heterocycles. The molecule has 1 heterocycles. The molecule has 9 heteroatoms. The van der Waals surface area contributed by atoms with Crippen molar-refractivity contribution < 1.29 is 13.6 Å². The van der Waals surface area contributed by atoms with E-state index in [9.17, 15) is 8.42 Å². The number of nitrogens with two attached hydrogens (primary N) is 1. The van der Waals surface area contributed by atoms with Gasteiger partial charge in [0, 0.05) is 0 Å². The molecule has 0 aliphatic carbocycles. The van der Waals surface area contributed by atoms with Gasteiger partial charge in [-0.3, -0.25) is 4.68 Å². The van der Waals surface area contributed by atoms with Gasteiger partial charge in [0.05, 0.1) is 17.0 Å². The number of nitrogens with zero attached hydrogens (tertiary/aromatic N) is 4. The summed E-state index contributed by atoms with van der Waals surface area (Å²) in [6.07, 6.45) is 1.34. The van der Waals surface area contributed by atoms with Crippen LogP contribution in [0.1, 0.15) is 26.6 Å². The van der Waals surface area contributed by atoms with E-state index in [0.717, 1.165) is 0 Å². The Hall–Kier alpha value is -1.64. The summed E-state index contributed by atoms with van der Waals surface area (Å²) in [5, 5.41) is 15.1. The van der Waals surface area contributed by atoms with Crippen molar-refractivity contribution in [3.63, 3.8) is 0 Å². The molecule has 0 spiro atoms. The van der Waals surface area contributed by atoms with Gasteiger partial charge in [0.2, 0.25) is 11.7 Å². The first-order valence-electron chi connectivity index (χ1n) is 5.27. The van der Waals surface area contributed by atoms with Crippen molar-refractivity contribution in [1.29, 1.82) is 0 Å². The van der Waals surface area contributed by atoms with E-state index < -0.39 is 14.6 Å². The van der Waals surface area contributed by atoms with E-state index in [1.807, 2.05) is 0 Å². The van der Waals surface area contributed by atoms with Gasteiger partial charge in [0.25, 0.3) is 0 Å². The fourth-order valence-corrected chi connectivity index (χ4v) is 2.12.